The van der Waals surface area contributed by atoms with Gasteiger partial charge >= 0.3 is 0 Å². The Labute approximate surface area is 103 Å². The molecule has 96 valence electrons. The molecule has 0 aromatic heterocycles. The second-order valence-electron chi connectivity index (χ2n) is 5.24. The zero-order valence-corrected chi connectivity index (χ0v) is 10.6. The van der Waals surface area contributed by atoms with Crippen molar-refractivity contribution in [3.05, 3.63) is 0 Å². The van der Waals surface area contributed by atoms with Crippen molar-refractivity contribution in [3.8, 4) is 0 Å². The summed E-state index contributed by atoms with van der Waals surface area (Å²) in [6.07, 6.45) is 5.74. The Hall–Kier alpha value is -0.900. The number of ketones is 1. The van der Waals surface area contributed by atoms with Crippen molar-refractivity contribution < 1.29 is 9.59 Å². The topological polar surface area (TPSA) is 49.4 Å². The lowest BCUT2D eigenvalue weighted by atomic mass is 9.86. The van der Waals surface area contributed by atoms with Crippen molar-refractivity contribution in [3.63, 3.8) is 0 Å². The first-order chi connectivity index (χ1) is 8.18. The molecular weight excluding hydrogens is 216 g/mol. The molecule has 2 aliphatic rings. The molecule has 17 heavy (non-hydrogen) atoms. The fraction of sp³-hybridized carbons (Fsp3) is 0.846. The van der Waals surface area contributed by atoms with Gasteiger partial charge in [-0.15, -0.1) is 0 Å². The molecule has 1 N–H and O–H groups in total. The second-order valence-corrected chi connectivity index (χ2v) is 5.24. The Morgan fingerprint density at radius 2 is 2.06 bits per heavy atom. The summed E-state index contributed by atoms with van der Waals surface area (Å²) in [7, 11) is 0. The van der Waals surface area contributed by atoms with Crippen LogP contribution >= 0.6 is 0 Å². The van der Waals surface area contributed by atoms with Gasteiger partial charge in [0.1, 0.15) is 5.78 Å². The summed E-state index contributed by atoms with van der Waals surface area (Å²) in [4.78, 5) is 25.7. The number of nitrogens with one attached hydrogen (secondary N) is 1. The molecule has 1 aliphatic carbocycles. The summed E-state index contributed by atoms with van der Waals surface area (Å²) < 4.78 is 0. The number of nitrogens with zero attached hydrogens (tertiary/aromatic N) is 1. The van der Waals surface area contributed by atoms with E-state index < -0.39 is 0 Å². The third-order valence-electron chi connectivity index (χ3n) is 4.04. The van der Waals surface area contributed by atoms with Crippen LogP contribution in [-0.4, -0.2) is 42.3 Å². The Kier molecular flexibility index (Phi) is 4.15. The minimum atomic E-state index is -0.156. The van der Waals surface area contributed by atoms with Crippen LogP contribution in [0.15, 0.2) is 0 Å². The van der Waals surface area contributed by atoms with Crippen LogP contribution in [0.3, 0.4) is 0 Å². The van der Waals surface area contributed by atoms with E-state index in [0.717, 1.165) is 19.4 Å². The molecule has 4 heteroatoms. The van der Waals surface area contributed by atoms with E-state index in [1.807, 2.05) is 11.8 Å². The van der Waals surface area contributed by atoms with Gasteiger partial charge in [0.05, 0.1) is 12.6 Å². The van der Waals surface area contributed by atoms with Crippen LogP contribution < -0.4 is 5.32 Å². The monoisotopic (exact) mass is 238 g/mol. The van der Waals surface area contributed by atoms with Crippen LogP contribution in [0.1, 0.15) is 39.0 Å². The van der Waals surface area contributed by atoms with Crippen LogP contribution in [0.25, 0.3) is 0 Å². The maximum absolute atomic E-state index is 12.1. The van der Waals surface area contributed by atoms with Crippen molar-refractivity contribution in [2.75, 3.05) is 19.6 Å². The molecule has 0 spiro atoms. The molecule has 1 saturated heterocycles. The number of Topliss-reactive ketones (excluding diaryl/α,β-unsaturated/α-hetero) is 1. The van der Waals surface area contributed by atoms with E-state index in [1.54, 1.807) is 0 Å². The van der Waals surface area contributed by atoms with Gasteiger partial charge in [0.2, 0.25) is 5.91 Å². The van der Waals surface area contributed by atoms with Crippen molar-refractivity contribution in [1.82, 2.24) is 10.2 Å². The van der Waals surface area contributed by atoms with Crippen molar-refractivity contribution in [2.24, 2.45) is 5.92 Å². The molecule has 1 aliphatic heterocycles. The van der Waals surface area contributed by atoms with Gasteiger partial charge in [0.15, 0.2) is 0 Å². The minimum Gasteiger partial charge on any atom is -0.353 e. The number of rotatable bonds is 3. The summed E-state index contributed by atoms with van der Waals surface area (Å²) in [5.41, 5.74) is 0. The zero-order valence-electron chi connectivity index (χ0n) is 10.6. The molecule has 0 aromatic carbocycles. The highest BCUT2D eigenvalue weighted by Gasteiger charge is 2.29. The van der Waals surface area contributed by atoms with Crippen LogP contribution in [0.5, 0.6) is 0 Å². The maximum atomic E-state index is 12.1. The number of amides is 1. The summed E-state index contributed by atoms with van der Waals surface area (Å²) in [6.45, 7) is 3.80. The zero-order chi connectivity index (χ0) is 12.3. The van der Waals surface area contributed by atoms with Crippen molar-refractivity contribution in [1.29, 1.82) is 0 Å². The second kappa shape index (κ2) is 5.63. The SMILES string of the molecule is CC1C(=O)NCCN1CC(=O)C1CCCCC1. The van der Waals surface area contributed by atoms with Gasteiger partial charge in [-0.1, -0.05) is 19.3 Å². The van der Waals surface area contributed by atoms with Gasteiger partial charge in [-0.3, -0.25) is 14.5 Å². The van der Waals surface area contributed by atoms with E-state index in [2.05, 4.69) is 5.32 Å². The third kappa shape index (κ3) is 3.06. The minimum absolute atomic E-state index is 0.0488. The highest BCUT2D eigenvalue weighted by atomic mass is 16.2. The van der Waals surface area contributed by atoms with Gasteiger partial charge in [0.25, 0.3) is 0 Å². The quantitative estimate of drug-likeness (QED) is 0.796. The molecule has 2 fully saturated rings. The normalized spacial score (nSPS) is 27.8. The van der Waals surface area contributed by atoms with Gasteiger partial charge < -0.3 is 5.32 Å². The summed E-state index contributed by atoms with van der Waals surface area (Å²) in [6, 6.07) is -0.156. The van der Waals surface area contributed by atoms with Crippen LogP contribution in [0.4, 0.5) is 0 Å². The Bertz CT molecular complexity index is 298. The first-order valence-corrected chi connectivity index (χ1v) is 6.73. The van der Waals surface area contributed by atoms with E-state index >= 15 is 0 Å². The third-order valence-corrected chi connectivity index (χ3v) is 4.04. The summed E-state index contributed by atoms with van der Waals surface area (Å²) in [5.74, 6) is 0.639. The standard InChI is InChI=1S/C13H22N2O2/c1-10-13(17)14-7-8-15(10)9-12(16)11-5-3-2-4-6-11/h10-11H,2-9H2,1H3,(H,14,17). The lowest BCUT2D eigenvalue weighted by Gasteiger charge is -2.33. The predicted octanol–water partition coefficient (Wildman–Crippen LogP) is 0.956. The fourth-order valence-electron chi connectivity index (χ4n) is 2.80. The van der Waals surface area contributed by atoms with Gasteiger partial charge in [-0.05, 0) is 19.8 Å². The highest BCUT2D eigenvalue weighted by molar-refractivity contribution is 5.86. The smallest absolute Gasteiger partial charge is 0.237 e. The Balaban J connectivity index is 1.86. The summed E-state index contributed by atoms with van der Waals surface area (Å²) in [5, 5.41) is 2.82. The van der Waals surface area contributed by atoms with E-state index in [9.17, 15) is 9.59 Å². The average molecular weight is 238 g/mol. The Morgan fingerprint density at radius 1 is 1.35 bits per heavy atom. The van der Waals surface area contributed by atoms with Gasteiger partial charge in [0, 0.05) is 19.0 Å². The molecule has 0 aromatic rings. The number of hydrogen-bond acceptors (Lipinski definition) is 3. The van der Waals surface area contributed by atoms with Crippen LogP contribution in [0, 0.1) is 5.92 Å². The van der Waals surface area contributed by atoms with Gasteiger partial charge in [-0.25, -0.2) is 0 Å². The molecule has 1 atom stereocenters. The molecule has 2 rings (SSSR count). The largest absolute Gasteiger partial charge is 0.353 e. The number of piperazine rings is 1. The molecule has 0 radical (unpaired) electrons. The van der Waals surface area contributed by atoms with E-state index in [1.165, 1.54) is 19.3 Å². The van der Waals surface area contributed by atoms with Crippen LogP contribution in [-0.2, 0) is 9.59 Å². The maximum Gasteiger partial charge on any atom is 0.237 e. The molecule has 1 unspecified atom stereocenters. The molecule has 1 heterocycles. The number of hydrogen-bond donors (Lipinski definition) is 1. The fourth-order valence-corrected chi connectivity index (χ4v) is 2.80. The molecule has 4 nitrogen and oxygen atoms in total. The van der Waals surface area contributed by atoms with E-state index in [4.69, 9.17) is 0 Å². The molecule has 1 saturated carbocycles. The number of carbonyl (C=O) groups excluding carboxylic acids is 2. The highest BCUT2D eigenvalue weighted by Crippen LogP contribution is 2.24. The van der Waals surface area contributed by atoms with E-state index in [-0.39, 0.29) is 17.9 Å². The lowest BCUT2D eigenvalue weighted by molar-refractivity contribution is -0.131. The van der Waals surface area contributed by atoms with Crippen molar-refractivity contribution in [2.45, 2.75) is 45.1 Å². The molecular formula is C13H22N2O2. The predicted molar refractivity (Wildman–Crippen MR) is 65.6 cm³/mol. The van der Waals surface area contributed by atoms with E-state index in [0.29, 0.717) is 18.9 Å². The average Bonchev–Trinajstić information content (AvgIpc) is 2.36. The first kappa shape index (κ1) is 12.6. The van der Waals surface area contributed by atoms with Crippen LogP contribution in [0.2, 0.25) is 0 Å². The molecule has 1 amide bonds. The number of carbonyl (C=O) groups is 2. The first-order valence-electron chi connectivity index (χ1n) is 6.73. The lowest BCUT2D eigenvalue weighted by Crippen LogP contribution is -2.55. The summed E-state index contributed by atoms with van der Waals surface area (Å²) >= 11 is 0. The molecule has 0 bridgehead atoms. The van der Waals surface area contributed by atoms with Crippen molar-refractivity contribution >= 4 is 11.7 Å². The van der Waals surface area contributed by atoms with Gasteiger partial charge in [-0.2, -0.15) is 0 Å². The Morgan fingerprint density at radius 3 is 2.76 bits per heavy atom.